The first kappa shape index (κ1) is 65.9. The predicted octanol–water partition coefficient (Wildman–Crippen LogP) is 14.9. The van der Waals surface area contributed by atoms with E-state index >= 15 is 0 Å². The van der Waals surface area contributed by atoms with E-state index in [-0.39, 0.29) is 29.9 Å². The van der Waals surface area contributed by atoms with Gasteiger partial charge in [0.05, 0.1) is 32.2 Å². The molecule has 3 amide bonds. The topological polar surface area (TPSA) is 132 Å². The van der Waals surface area contributed by atoms with Crippen LogP contribution in [-0.4, -0.2) is 104 Å². The number of hydrogen-bond acceptors (Lipinski definition) is 7. The van der Waals surface area contributed by atoms with Crippen molar-refractivity contribution in [3.8, 4) is 0 Å². The Morgan fingerprint density at radius 3 is 1.32 bits per heavy atom. The summed E-state index contributed by atoms with van der Waals surface area (Å²) in [5.41, 5.74) is 0. The van der Waals surface area contributed by atoms with E-state index in [2.05, 4.69) is 27.6 Å². The second-order valence-electron chi connectivity index (χ2n) is 22.2. The van der Waals surface area contributed by atoms with Gasteiger partial charge in [0.1, 0.15) is 6.42 Å². The number of alkyl halides is 15. The monoisotopic (exact) mass is 1140 g/mol. The van der Waals surface area contributed by atoms with Gasteiger partial charge in [-0.1, -0.05) is 39.0 Å². The average molecular weight is 1140 g/mol. The molecule has 10 nitrogen and oxygen atoms in total. The Balaban J connectivity index is 0.962. The van der Waals surface area contributed by atoms with E-state index in [0.29, 0.717) is 75.4 Å². The van der Waals surface area contributed by atoms with E-state index in [0.717, 1.165) is 128 Å². The minimum Gasteiger partial charge on any atom is -0.465 e. The molecule has 0 heterocycles. The zero-order chi connectivity index (χ0) is 57.2. The molecule has 4 aliphatic carbocycles. The van der Waals surface area contributed by atoms with Crippen molar-refractivity contribution in [2.24, 2.45) is 35.5 Å². The van der Waals surface area contributed by atoms with Crippen LogP contribution in [0, 0.1) is 35.5 Å². The first-order valence-electron chi connectivity index (χ1n) is 27.5. The molecule has 0 aromatic rings. The van der Waals surface area contributed by atoms with Crippen molar-refractivity contribution < 1.29 is 99.2 Å². The van der Waals surface area contributed by atoms with E-state index in [1.54, 1.807) is 0 Å². The van der Waals surface area contributed by atoms with Gasteiger partial charge in [0.2, 0.25) is 5.91 Å². The molecule has 0 radical (unpaired) electrons. The zero-order valence-corrected chi connectivity index (χ0v) is 43.7. The number of halogens is 15. The molecule has 1 atom stereocenters. The SMILES string of the molecule is CCC(CCCCCOC(=O)C1CCC(CC2CCC(NC(=O)CC(F)(F)F)CC2)CC1)CCCCOC(=O)NC1CCC(CC2CCC(NC(=O)OCCC(F)(F)C(F)(F)C(F)(F)C(F)(F)C(F)(F)C(F)F)CC2)CC1. The van der Waals surface area contributed by atoms with Gasteiger partial charge in [-0.2, -0.15) is 57.1 Å². The second kappa shape index (κ2) is 29.8. The van der Waals surface area contributed by atoms with Crippen LogP contribution in [0.4, 0.5) is 75.4 Å². The molecule has 3 N–H and O–H groups in total. The lowest BCUT2D eigenvalue weighted by atomic mass is 9.74. The van der Waals surface area contributed by atoms with Crippen molar-refractivity contribution in [2.45, 2.75) is 247 Å². The van der Waals surface area contributed by atoms with E-state index in [9.17, 15) is 85.0 Å². The summed E-state index contributed by atoms with van der Waals surface area (Å²) >= 11 is 0. The highest BCUT2D eigenvalue weighted by molar-refractivity contribution is 5.77. The lowest BCUT2D eigenvalue weighted by Crippen LogP contribution is -2.68. The molecular formula is C52H78F15N3O7. The van der Waals surface area contributed by atoms with Gasteiger partial charge in [-0.3, -0.25) is 9.59 Å². The third-order valence-corrected chi connectivity index (χ3v) is 16.3. The van der Waals surface area contributed by atoms with Crippen LogP contribution in [0.5, 0.6) is 0 Å². The molecule has 448 valence electrons. The Kier molecular flexibility index (Phi) is 25.5. The van der Waals surface area contributed by atoms with Gasteiger partial charge in [0, 0.05) is 18.1 Å². The van der Waals surface area contributed by atoms with Crippen LogP contribution in [0.3, 0.4) is 0 Å². The van der Waals surface area contributed by atoms with Gasteiger partial charge in [-0.15, -0.1) is 0 Å². The van der Waals surface area contributed by atoms with Gasteiger partial charge in [-0.05, 0) is 164 Å². The van der Waals surface area contributed by atoms with E-state index in [4.69, 9.17) is 9.47 Å². The van der Waals surface area contributed by atoms with E-state index in [1.807, 2.05) is 0 Å². The standard InChI is InChI=1S/C52H78F15N3O7/c1-2-33(8-4-3-6-27-75-43(72)38-18-10-34(11-19-38)30-35-12-20-39(21-13-35)68-42(71)32-48(57,58)59)9-5-7-28-76-45(73)69-40-22-14-36(15-23-40)31-37-16-24-41(25-17-37)70-46(74)77-29-26-47(55,56)50(62,63)52(66,67)51(64,65)49(60,61)44(53)54/h33-41,44H,2-32H2,1H3,(H,68,71)(H,69,73)(H,70,74). The molecule has 0 bridgehead atoms. The first-order valence-corrected chi connectivity index (χ1v) is 27.5. The zero-order valence-electron chi connectivity index (χ0n) is 43.7. The number of carbonyl (C=O) groups is 4. The molecule has 4 rings (SSSR count). The Morgan fingerprint density at radius 2 is 0.883 bits per heavy atom. The third kappa shape index (κ3) is 20.2. The van der Waals surface area contributed by atoms with Gasteiger partial charge in [0.25, 0.3) is 0 Å². The summed E-state index contributed by atoms with van der Waals surface area (Å²) in [5.74, 6) is -34.7. The fraction of sp³-hybridized carbons (Fsp3) is 0.923. The lowest BCUT2D eigenvalue weighted by Gasteiger charge is -2.39. The minimum atomic E-state index is -7.63. The van der Waals surface area contributed by atoms with E-state index < -0.39 is 85.8 Å². The fourth-order valence-electron chi connectivity index (χ4n) is 11.5. The summed E-state index contributed by atoms with van der Waals surface area (Å²) in [6.07, 6.45) is 5.66. The second-order valence-corrected chi connectivity index (χ2v) is 22.2. The van der Waals surface area contributed by atoms with Gasteiger partial charge in [0.15, 0.2) is 0 Å². The Hall–Kier alpha value is -3.57. The van der Waals surface area contributed by atoms with Crippen LogP contribution in [-0.2, 0) is 23.8 Å². The number of rotatable bonds is 29. The van der Waals surface area contributed by atoms with Crippen molar-refractivity contribution in [3.63, 3.8) is 0 Å². The van der Waals surface area contributed by atoms with Crippen LogP contribution in [0.2, 0.25) is 0 Å². The van der Waals surface area contributed by atoms with Crippen molar-refractivity contribution in [1.29, 1.82) is 0 Å². The normalized spacial score (nSPS) is 25.6. The Bertz CT molecular complexity index is 1800. The summed E-state index contributed by atoms with van der Waals surface area (Å²) in [4.78, 5) is 49.1. The lowest BCUT2D eigenvalue weighted by molar-refractivity contribution is -0.413. The fourth-order valence-corrected chi connectivity index (χ4v) is 11.5. The molecule has 0 saturated heterocycles. The maximum atomic E-state index is 14.0. The summed E-state index contributed by atoms with van der Waals surface area (Å²) in [5, 5.41) is 7.80. The highest BCUT2D eigenvalue weighted by Crippen LogP contribution is 2.58. The van der Waals surface area contributed by atoms with Crippen LogP contribution >= 0.6 is 0 Å². The summed E-state index contributed by atoms with van der Waals surface area (Å²) < 4.78 is 214. The Labute approximate surface area is 440 Å². The summed E-state index contributed by atoms with van der Waals surface area (Å²) in [6, 6.07) is -0.757. The number of esters is 1. The first-order chi connectivity index (χ1) is 36.0. The van der Waals surface area contributed by atoms with Crippen LogP contribution in [0.1, 0.15) is 187 Å². The number of unbranched alkanes of at least 4 members (excludes halogenated alkanes) is 3. The average Bonchev–Trinajstić information content (AvgIpc) is 3.38. The number of hydrogen-bond donors (Lipinski definition) is 3. The van der Waals surface area contributed by atoms with Crippen molar-refractivity contribution in [2.75, 3.05) is 19.8 Å². The van der Waals surface area contributed by atoms with Crippen molar-refractivity contribution in [3.05, 3.63) is 0 Å². The van der Waals surface area contributed by atoms with Crippen molar-refractivity contribution in [1.82, 2.24) is 16.0 Å². The van der Waals surface area contributed by atoms with Crippen LogP contribution < -0.4 is 16.0 Å². The highest BCUT2D eigenvalue weighted by atomic mass is 19.4. The smallest absolute Gasteiger partial charge is 0.407 e. The van der Waals surface area contributed by atoms with Gasteiger partial charge >= 0.3 is 60.4 Å². The van der Waals surface area contributed by atoms with Gasteiger partial charge in [-0.25, -0.2) is 18.4 Å². The summed E-state index contributed by atoms with van der Waals surface area (Å²) in [7, 11) is 0. The van der Waals surface area contributed by atoms with E-state index in [1.165, 1.54) is 0 Å². The molecule has 0 aromatic heterocycles. The molecule has 0 aromatic carbocycles. The molecule has 4 saturated carbocycles. The predicted molar refractivity (Wildman–Crippen MR) is 252 cm³/mol. The summed E-state index contributed by atoms with van der Waals surface area (Å²) in [6.45, 7) is 1.15. The number of ether oxygens (including phenoxy) is 3. The highest BCUT2D eigenvalue weighted by Gasteiger charge is 2.87. The van der Waals surface area contributed by atoms with Crippen LogP contribution in [0.15, 0.2) is 0 Å². The maximum absolute atomic E-state index is 14.0. The molecule has 4 aliphatic rings. The quantitative estimate of drug-likeness (QED) is 0.0294. The molecule has 25 heteroatoms. The molecule has 77 heavy (non-hydrogen) atoms. The molecule has 1 unspecified atom stereocenters. The molecule has 0 spiro atoms. The number of carbonyl (C=O) groups excluding carboxylic acids is 4. The van der Waals surface area contributed by atoms with Crippen LogP contribution in [0.25, 0.3) is 0 Å². The molecular weight excluding hydrogens is 1060 g/mol. The third-order valence-electron chi connectivity index (χ3n) is 16.3. The van der Waals surface area contributed by atoms with Gasteiger partial charge < -0.3 is 30.2 Å². The molecule has 0 aliphatic heterocycles. The maximum Gasteiger partial charge on any atom is 0.407 e. The number of nitrogens with one attached hydrogen (secondary N) is 3. The minimum absolute atomic E-state index is 0.0294. The molecule has 4 fully saturated rings. The number of alkyl carbamates (subject to hydrolysis) is 2. The number of amides is 3. The Morgan fingerprint density at radius 1 is 0.481 bits per heavy atom. The largest absolute Gasteiger partial charge is 0.465 e. The van der Waals surface area contributed by atoms with Crippen molar-refractivity contribution >= 4 is 24.1 Å².